The first kappa shape index (κ1) is 7.41. The second kappa shape index (κ2) is 2.92. The van der Waals surface area contributed by atoms with Crippen LogP contribution in [0.4, 0.5) is 0 Å². The van der Waals surface area contributed by atoms with Crippen molar-refractivity contribution in [2.45, 2.75) is 11.9 Å². The van der Waals surface area contributed by atoms with E-state index in [9.17, 15) is 4.79 Å². The van der Waals surface area contributed by atoms with Gasteiger partial charge in [-0.2, -0.15) is 0 Å². The van der Waals surface area contributed by atoms with Crippen LogP contribution in [0, 0.1) is 6.92 Å². The smallest absolute Gasteiger partial charge is 0.251 e. The van der Waals surface area contributed by atoms with Crippen molar-refractivity contribution in [2.24, 2.45) is 0 Å². The molecule has 3 heteroatoms. The fourth-order valence-electron chi connectivity index (χ4n) is 0.648. The Hall–Kier alpha value is -0.700. The van der Waals surface area contributed by atoms with Crippen LogP contribution < -0.4 is 5.56 Å². The largest absolute Gasteiger partial charge is 0.317 e. The van der Waals surface area contributed by atoms with Gasteiger partial charge in [0.2, 0.25) is 0 Å². The van der Waals surface area contributed by atoms with Crippen molar-refractivity contribution in [3.8, 4) is 0 Å². The minimum absolute atomic E-state index is 0.00634. The van der Waals surface area contributed by atoms with E-state index < -0.39 is 0 Å². The van der Waals surface area contributed by atoms with E-state index in [1.807, 2.05) is 18.4 Å². The van der Waals surface area contributed by atoms with Crippen molar-refractivity contribution in [3.63, 3.8) is 0 Å². The van der Waals surface area contributed by atoms with Crippen molar-refractivity contribution in [3.05, 3.63) is 28.0 Å². The molecule has 10 heavy (non-hydrogen) atoms. The van der Waals surface area contributed by atoms with Crippen LogP contribution in [0.5, 0.6) is 0 Å². The van der Waals surface area contributed by atoms with E-state index >= 15 is 0 Å². The summed E-state index contributed by atoms with van der Waals surface area (Å²) in [6.45, 7) is 1.79. The van der Waals surface area contributed by atoms with Crippen LogP contribution in [0.3, 0.4) is 0 Å². The Balaban J connectivity index is 3.17. The zero-order chi connectivity index (χ0) is 7.56. The summed E-state index contributed by atoms with van der Waals surface area (Å²) in [7, 11) is 0. The fraction of sp³-hybridized carbons (Fsp3) is 0.286. The molecule has 0 aliphatic rings. The van der Waals surface area contributed by atoms with Gasteiger partial charge in [-0.25, -0.2) is 0 Å². The van der Waals surface area contributed by atoms with Gasteiger partial charge >= 0.3 is 0 Å². The number of aryl methyl sites for hydroxylation is 1. The van der Waals surface area contributed by atoms with Gasteiger partial charge in [0.25, 0.3) is 5.56 Å². The number of hydrogen-bond donors (Lipinski definition) is 1. The molecule has 2 nitrogen and oxygen atoms in total. The Morgan fingerprint density at radius 1 is 1.50 bits per heavy atom. The summed E-state index contributed by atoms with van der Waals surface area (Å²) in [5, 5.41) is 0.913. The summed E-state index contributed by atoms with van der Waals surface area (Å²) < 4.78 is 0. The predicted octanol–water partition coefficient (Wildman–Crippen LogP) is 1.41. The van der Waals surface area contributed by atoms with E-state index in [2.05, 4.69) is 4.98 Å². The quantitative estimate of drug-likeness (QED) is 0.622. The molecule has 1 N–H and O–H groups in total. The molecule has 0 saturated heterocycles. The molecule has 1 rings (SSSR count). The van der Waals surface area contributed by atoms with Crippen LogP contribution >= 0.6 is 11.8 Å². The number of rotatable bonds is 1. The van der Waals surface area contributed by atoms with Gasteiger partial charge in [0.05, 0.1) is 5.03 Å². The molecule has 1 aromatic rings. The van der Waals surface area contributed by atoms with Crippen molar-refractivity contribution in [2.75, 3.05) is 6.26 Å². The number of aromatic amines is 1. The minimum Gasteiger partial charge on any atom is -0.317 e. The van der Waals surface area contributed by atoms with Crippen LogP contribution in [0.25, 0.3) is 0 Å². The SMILES string of the molecule is CSc1ccc(C)c(=O)[nH]1. The first-order valence-corrected chi connectivity index (χ1v) is 4.20. The summed E-state index contributed by atoms with van der Waals surface area (Å²) in [4.78, 5) is 13.7. The highest BCUT2D eigenvalue weighted by Gasteiger charge is 1.92. The molecule has 0 aliphatic carbocycles. The van der Waals surface area contributed by atoms with Gasteiger partial charge in [0, 0.05) is 5.56 Å². The van der Waals surface area contributed by atoms with Crippen LogP contribution in [0.1, 0.15) is 5.56 Å². The first-order valence-electron chi connectivity index (χ1n) is 2.98. The first-order chi connectivity index (χ1) is 4.74. The number of nitrogens with one attached hydrogen (secondary N) is 1. The number of H-pyrrole nitrogens is 1. The monoisotopic (exact) mass is 155 g/mol. The third-order valence-corrected chi connectivity index (χ3v) is 1.98. The Morgan fingerprint density at radius 2 is 2.20 bits per heavy atom. The van der Waals surface area contributed by atoms with E-state index in [0.29, 0.717) is 0 Å². The molecule has 0 radical (unpaired) electrons. The Kier molecular flexibility index (Phi) is 2.17. The number of pyridine rings is 1. The normalized spacial score (nSPS) is 9.80. The van der Waals surface area contributed by atoms with Gasteiger partial charge in [-0.05, 0) is 19.2 Å². The summed E-state index contributed by atoms with van der Waals surface area (Å²) in [5.41, 5.74) is 0.768. The summed E-state index contributed by atoms with van der Waals surface area (Å²) >= 11 is 1.54. The molecular weight excluding hydrogens is 146 g/mol. The average Bonchev–Trinajstić information content (AvgIpc) is 1.95. The van der Waals surface area contributed by atoms with E-state index in [1.54, 1.807) is 6.92 Å². The van der Waals surface area contributed by atoms with Crippen LogP contribution in [-0.2, 0) is 0 Å². The molecule has 0 saturated carbocycles. The lowest BCUT2D eigenvalue weighted by atomic mass is 10.3. The molecule has 1 heterocycles. The van der Waals surface area contributed by atoms with Crippen molar-refractivity contribution >= 4 is 11.8 Å². The number of aromatic nitrogens is 1. The molecule has 0 aliphatic heterocycles. The molecule has 0 fully saturated rings. The maximum absolute atomic E-state index is 10.9. The molecule has 1 aromatic heterocycles. The van der Waals surface area contributed by atoms with Crippen molar-refractivity contribution in [1.29, 1.82) is 0 Å². The van der Waals surface area contributed by atoms with Crippen molar-refractivity contribution < 1.29 is 0 Å². The van der Waals surface area contributed by atoms with E-state index in [-0.39, 0.29) is 5.56 Å². The summed E-state index contributed by atoms with van der Waals surface area (Å²) in [6.07, 6.45) is 1.93. The molecule has 54 valence electrons. The molecule has 0 aromatic carbocycles. The molecule has 0 bridgehead atoms. The highest BCUT2D eigenvalue weighted by atomic mass is 32.2. The lowest BCUT2D eigenvalue weighted by Crippen LogP contribution is -2.08. The summed E-state index contributed by atoms with van der Waals surface area (Å²) in [5.74, 6) is 0. The number of thioether (sulfide) groups is 1. The van der Waals surface area contributed by atoms with E-state index in [4.69, 9.17) is 0 Å². The Labute approximate surface area is 63.7 Å². The maximum Gasteiger partial charge on any atom is 0.251 e. The van der Waals surface area contributed by atoms with Gasteiger partial charge < -0.3 is 4.98 Å². The van der Waals surface area contributed by atoms with Gasteiger partial charge in [-0.3, -0.25) is 4.79 Å². The van der Waals surface area contributed by atoms with Crippen LogP contribution in [-0.4, -0.2) is 11.2 Å². The molecular formula is C7H9NOS. The zero-order valence-electron chi connectivity index (χ0n) is 5.97. The second-order valence-electron chi connectivity index (χ2n) is 2.04. The third kappa shape index (κ3) is 1.42. The van der Waals surface area contributed by atoms with Gasteiger partial charge in [0.1, 0.15) is 0 Å². The zero-order valence-corrected chi connectivity index (χ0v) is 6.79. The highest BCUT2D eigenvalue weighted by Crippen LogP contribution is 2.07. The Morgan fingerprint density at radius 3 is 2.70 bits per heavy atom. The van der Waals surface area contributed by atoms with Crippen molar-refractivity contribution in [1.82, 2.24) is 4.98 Å². The van der Waals surface area contributed by atoms with E-state index in [1.165, 1.54) is 11.8 Å². The summed E-state index contributed by atoms with van der Waals surface area (Å²) in [6, 6.07) is 3.73. The standard InChI is InChI=1S/C7H9NOS/c1-5-3-4-6(10-2)8-7(5)9/h3-4H,1-2H3,(H,8,9). The molecule has 0 spiro atoms. The predicted molar refractivity (Wildman–Crippen MR) is 43.6 cm³/mol. The van der Waals surface area contributed by atoms with Gasteiger partial charge in [-0.15, -0.1) is 11.8 Å². The van der Waals surface area contributed by atoms with Gasteiger partial charge in [-0.1, -0.05) is 6.07 Å². The fourth-order valence-corrected chi connectivity index (χ4v) is 1.05. The Bertz CT molecular complexity index is 279. The molecule has 0 unspecified atom stereocenters. The maximum atomic E-state index is 10.9. The highest BCUT2D eigenvalue weighted by molar-refractivity contribution is 7.98. The van der Waals surface area contributed by atoms with Crippen LogP contribution in [0.2, 0.25) is 0 Å². The third-order valence-electron chi connectivity index (χ3n) is 1.30. The van der Waals surface area contributed by atoms with Gasteiger partial charge in [0.15, 0.2) is 0 Å². The average molecular weight is 155 g/mol. The molecule has 0 amide bonds. The second-order valence-corrected chi connectivity index (χ2v) is 2.89. The van der Waals surface area contributed by atoms with Crippen LogP contribution in [0.15, 0.2) is 22.0 Å². The lowest BCUT2D eigenvalue weighted by molar-refractivity contribution is 1.05. The molecule has 0 atom stereocenters. The lowest BCUT2D eigenvalue weighted by Gasteiger charge is -1.94. The topological polar surface area (TPSA) is 32.9 Å². The van der Waals surface area contributed by atoms with E-state index in [0.717, 1.165) is 10.6 Å². The minimum atomic E-state index is 0.00634. The number of hydrogen-bond acceptors (Lipinski definition) is 2.